The van der Waals surface area contributed by atoms with Crippen LogP contribution in [0.2, 0.25) is 0 Å². The van der Waals surface area contributed by atoms with Crippen molar-refractivity contribution in [3.63, 3.8) is 0 Å². The second-order valence-electron chi connectivity index (χ2n) is 4.08. The van der Waals surface area contributed by atoms with Crippen molar-refractivity contribution in [2.24, 2.45) is 5.92 Å². The van der Waals surface area contributed by atoms with E-state index in [4.69, 9.17) is 0 Å². The van der Waals surface area contributed by atoms with Crippen LogP contribution in [0.5, 0.6) is 0 Å². The van der Waals surface area contributed by atoms with Gasteiger partial charge in [-0.25, -0.2) is 0 Å². The maximum atomic E-state index is 11.5. The van der Waals surface area contributed by atoms with Crippen LogP contribution in [0.4, 0.5) is 0 Å². The summed E-state index contributed by atoms with van der Waals surface area (Å²) in [6.07, 6.45) is 5.74. The minimum atomic E-state index is 0.166. The molecule has 0 aliphatic carbocycles. The quantitative estimate of drug-likeness (QED) is 0.712. The van der Waals surface area contributed by atoms with Gasteiger partial charge in [0.25, 0.3) is 0 Å². The average Bonchev–Trinajstić information content (AvgIpc) is 2.27. The summed E-state index contributed by atoms with van der Waals surface area (Å²) >= 11 is 0. The normalized spacial score (nSPS) is 18.7. The van der Waals surface area contributed by atoms with Crippen LogP contribution >= 0.6 is 0 Å². The topological polar surface area (TPSA) is 32.3 Å². The lowest BCUT2D eigenvalue weighted by atomic mass is 9.97. The van der Waals surface area contributed by atoms with Gasteiger partial charge >= 0.3 is 0 Å². The van der Waals surface area contributed by atoms with Gasteiger partial charge in [-0.2, -0.15) is 0 Å². The highest BCUT2D eigenvalue weighted by atomic mass is 16.2. The van der Waals surface area contributed by atoms with E-state index in [1.54, 1.807) is 6.08 Å². The molecule has 86 valence electrons. The van der Waals surface area contributed by atoms with Gasteiger partial charge in [0.05, 0.1) is 0 Å². The smallest absolute Gasteiger partial charge is 0.246 e. The molecule has 0 saturated carbocycles. The summed E-state index contributed by atoms with van der Waals surface area (Å²) in [6, 6.07) is 0. The lowest BCUT2D eigenvalue weighted by Gasteiger charge is -2.31. The molecule has 0 unspecified atom stereocenters. The van der Waals surface area contributed by atoms with Gasteiger partial charge in [0.15, 0.2) is 0 Å². The van der Waals surface area contributed by atoms with Crippen molar-refractivity contribution in [2.45, 2.75) is 26.7 Å². The largest absolute Gasteiger partial charge is 0.339 e. The number of nitrogens with zero attached hydrogens (tertiary/aromatic N) is 1. The van der Waals surface area contributed by atoms with Crippen LogP contribution in [0.15, 0.2) is 12.2 Å². The predicted molar refractivity (Wildman–Crippen MR) is 62.7 cm³/mol. The molecule has 0 bridgehead atoms. The Balaban J connectivity index is 2.26. The molecule has 3 heteroatoms. The van der Waals surface area contributed by atoms with E-state index >= 15 is 0 Å². The summed E-state index contributed by atoms with van der Waals surface area (Å²) in [4.78, 5) is 13.5. The number of amides is 1. The molecule has 0 aromatic rings. The molecular formula is C12H22N2O. The molecule has 1 aliphatic rings. The Morgan fingerprint density at radius 2 is 2.13 bits per heavy atom. The Kier molecular flexibility index (Phi) is 5.40. The first-order valence-electron chi connectivity index (χ1n) is 5.90. The number of carbonyl (C=O) groups is 1. The van der Waals surface area contributed by atoms with E-state index in [0.29, 0.717) is 0 Å². The number of nitrogens with one attached hydrogen (secondary N) is 1. The fourth-order valence-corrected chi connectivity index (χ4v) is 1.95. The predicted octanol–water partition coefficient (Wildman–Crippen LogP) is 1.41. The second-order valence-corrected chi connectivity index (χ2v) is 4.08. The van der Waals surface area contributed by atoms with E-state index < -0.39 is 0 Å². The number of likely N-dealkylation sites (tertiary alicyclic amines) is 1. The Hall–Kier alpha value is -0.830. The molecular weight excluding hydrogens is 188 g/mol. The van der Waals surface area contributed by atoms with E-state index in [-0.39, 0.29) is 5.91 Å². The molecule has 0 aromatic carbocycles. The van der Waals surface area contributed by atoms with Gasteiger partial charge in [-0.05, 0) is 44.8 Å². The van der Waals surface area contributed by atoms with Gasteiger partial charge in [0.1, 0.15) is 0 Å². The van der Waals surface area contributed by atoms with Crippen molar-refractivity contribution in [3.8, 4) is 0 Å². The summed E-state index contributed by atoms with van der Waals surface area (Å²) in [5.74, 6) is 0.916. The minimum absolute atomic E-state index is 0.166. The number of hydrogen-bond donors (Lipinski definition) is 1. The first-order valence-corrected chi connectivity index (χ1v) is 5.90. The SMILES string of the molecule is C/C=C/C(=O)N1CCC(CNCC)CC1. The fourth-order valence-electron chi connectivity index (χ4n) is 1.95. The Morgan fingerprint density at radius 3 is 2.67 bits per heavy atom. The maximum Gasteiger partial charge on any atom is 0.246 e. The first-order chi connectivity index (χ1) is 7.27. The molecule has 1 N–H and O–H groups in total. The van der Waals surface area contributed by atoms with E-state index in [1.807, 2.05) is 17.9 Å². The molecule has 1 fully saturated rings. The van der Waals surface area contributed by atoms with Crippen LogP contribution in [-0.4, -0.2) is 37.0 Å². The molecule has 1 aliphatic heterocycles. The first kappa shape index (κ1) is 12.2. The molecule has 0 atom stereocenters. The second kappa shape index (κ2) is 6.62. The molecule has 15 heavy (non-hydrogen) atoms. The van der Waals surface area contributed by atoms with Crippen molar-refractivity contribution >= 4 is 5.91 Å². The van der Waals surface area contributed by atoms with Gasteiger partial charge in [-0.3, -0.25) is 4.79 Å². The number of hydrogen-bond acceptors (Lipinski definition) is 2. The van der Waals surface area contributed by atoms with Gasteiger partial charge in [-0.1, -0.05) is 13.0 Å². The zero-order chi connectivity index (χ0) is 11.1. The number of piperidine rings is 1. The van der Waals surface area contributed by atoms with Gasteiger partial charge in [0.2, 0.25) is 5.91 Å². The van der Waals surface area contributed by atoms with Crippen molar-refractivity contribution in [2.75, 3.05) is 26.2 Å². The highest BCUT2D eigenvalue weighted by molar-refractivity contribution is 5.87. The number of rotatable bonds is 4. The van der Waals surface area contributed by atoms with Gasteiger partial charge < -0.3 is 10.2 Å². The third kappa shape index (κ3) is 4.04. The van der Waals surface area contributed by atoms with Crippen molar-refractivity contribution in [1.29, 1.82) is 0 Å². The molecule has 1 rings (SSSR count). The lowest BCUT2D eigenvalue weighted by molar-refractivity contribution is -0.127. The van der Waals surface area contributed by atoms with Gasteiger partial charge in [0, 0.05) is 13.1 Å². The van der Waals surface area contributed by atoms with Crippen LogP contribution in [0.1, 0.15) is 26.7 Å². The Morgan fingerprint density at radius 1 is 1.47 bits per heavy atom. The number of allylic oxidation sites excluding steroid dienone is 1. The summed E-state index contributed by atoms with van der Waals surface area (Å²) in [6.45, 7) is 7.98. The summed E-state index contributed by atoms with van der Waals surface area (Å²) in [7, 11) is 0. The molecule has 0 spiro atoms. The van der Waals surface area contributed by atoms with Crippen molar-refractivity contribution < 1.29 is 4.79 Å². The fraction of sp³-hybridized carbons (Fsp3) is 0.750. The van der Waals surface area contributed by atoms with Crippen LogP contribution < -0.4 is 5.32 Å². The third-order valence-corrected chi connectivity index (χ3v) is 2.92. The van der Waals surface area contributed by atoms with Crippen LogP contribution in [0.3, 0.4) is 0 Å². The summed E-state index contributed by atoms with van der Waals surface area (Å²) < 4.78 is 0. The zero-order valence-corrected chi connectivity index (χ0v) is 9.83. The van der Waals surface area contributed by atoms with E-state index in [0.717, 1.165) is 44.9 Å². The Bertz CT molecular complexity index is 218. The maximum absolute atomic E-state index is 11.5. The molecule has 0 aromatic heterocycles. The molecule has 1 heterocycles. The monoisotopic (exact) mass is 210 g/mol. The van der Waals surface area contributed by atoms with E-state index in [1.165, 1.54) is 0 Å². The minimum Gasteiger partial charge on any atom is -0.339 e. The Labute approximate surface area is 92.5 Å². The van der Waals surface area contributed by atoms with Crippen LogP contribution in [0.25, 0.3) is 0 Å². The highest BCUT2D eigenvalue weighted by Gasteiger charge is 2.20. The summed E-state index contributed by atoms with van der Waals surface area (Å²) in [5.41, 5.74) is 0. The van der Waals surface area contributed by atoms with Gasteiger partial charge in [-0.15, -0.1) is 0 Å². The van der Waals surface area contributed by atoms with Crippen LogP contribution in [-0.2, 0) is 4.79 Å². The van der Waals surface area contributed by atoms with Crippen molar-refractivity contribution in [3.05, 3.63) is 12.2 Å². The third-order valence-electron chi connectivity index (χ3n) is 2.92. The molecule has 1 amide bonds. The molecule has 0 radical (unpaired) electrons. The van der Waals surface area contributed by atoms with Crippen molar-refractivity contribution in [1.82, 2.24) is 10.2 Å². The van der Waals surface area contributed by atoms with E-state index in [9.17, 15) is 4.79 Å². The molecule has 1 saturated heterocycles. The average molecular weight is 210 g/mol. The van der Waals surface area contributed by atoms with Crippen LogP contribution in [0, 0.1) is 5.92 Å². The highest BCUT2D eigenvalue weighted by Crippen LogP contribution is 2.16. The molecule has 3 nitrogen and oxygen atoms in total. The number of carbonyl (C=O) groups excluding carboxylic acids is 1. The summed E-state index contributed by atoms with van der Waals surface area (Å²) in [5, 5.41) is 3.37. The standard InChI is InChI=1S/C12H22N2O/c1-3-5-12(15)14-8-6-11(7-9-14)10-13-4-2/h3,5,11,13H,4,6-10H2,1-2H3/b5-3+. The zero-order valence-electron chi connectivity index (χ0n) is 9.83. The lowest BCUT2D eigenvalue weighted by Crippen LogP contribution is -2.40. The van der Waals surface area contributed by atoms with E-state index in [2.05, 4.69) is 12.2 Å².